The molecule has 0 saturated carbocycles. The van der Waals surface area contributed by atoms with Crippen LogP contribution < -0.4 is 0 Å². The predicted octanol–water partition coefficient (Wildman–Crippen LogP) is 1.64. The van der Waals surface area contributed by atoms with Gasteiger partial charge in [-0.2, -0.15) is 5.10 Å². The van der Waals surface area contributed by atoms with Gasteiger partial charge in [-0.1, -0.05) is 6.07 Å². The van der Waals surface area contributed by atoms with E-state index in [1.54, 1.807) is 23.2 Å². The van der Waals surface area contributed by atoms with Gasteiger partial charge in [0.2, 0.25) is 0 Å². The summed E-state index contributed by atoms with van der Waals surface area (Å²) in [6.07, 6.45) is 3.32. The van der Waals surface area contributed by atoms with Crippen molar-refractivity contribution < 1.29 is 14.7 Å². The van der Waals surface area contributed by atoms with Gasteiger partial charge in [0, 0.05) is 23.5 Å². The quantitative estimate of drug-likeness (QED) is 0.890. The molecule has 2 heterocycles. The van der Waals surface area contributed by atoms with Gasteiger partial charge in [0.25, 0.3) is 5.91 Å². The molecule has 6 heteroatoms. The van der Waals surface area contributed by atoms with Crippen molar-refractivity contribution in [3.05, 3.63) is 30.0 Å². The first kappa shape index (κ1) is 12.7. The SMILES string of the molecule is O=C(O)CC1CCCN1C(=O)c1ccc2cn[nH]c2c1. The Morgan fingerprint density at radius 2 is 2.30 bits per heavy atom. The zero-order valence-corrected chi connectivity index (χ0v) is 10.9. The number of aromatic amines is 1. The van der Waals surface area contributed by atoms with Crippen molar-refractivity contribution >= 4 is 22.8 Å². The molecule has 1 aliphatic rings. The average molecular weight is 273 g/mol. The molecular weight excluding hydrogens is 258 g/mol. The topological polar surface area (TPSA) is 86.3 Å². The van der Waals surface area contributed by atoms with Crippen LogP contribution >= 0.6 is 0 Å². The molecule has 0 spiro atoms. The summed E-state index contributed by atoms with van der Waals surface area (Å²) >= 11 is 0. The van der Waals surface area contributed by atoms with E-state index in [9.17, 15) is 9.59 Å². The maximum absolute atomic E-state index is 12.5. The first-order valence-electron chi connectivity index (χ1n) is 6.61. The van der Waals surface area contributed by atoms with E-state index in [4.69, 9.17) is 5.11 Å². The van der Waals surface area contributed by atoms with Gasteiger partial charge in [-0.3, -0.25) is 14.7 Å². The van der Waals surface area contributed by atoms with Crippen molar-refractivity contribution in [3.8, 4) is 0 Å². The zero-order chi connectivity index (χ0) is 14.1. The van der Waals surface area contributed by atoms with Crippen LogP contribution in [-0.2, 0) is 4.79 Å². The molecule has 1 fully saturated rings. The van der Waals surface area contributed by atoms with Crippen molar-refractivity contribution in [2.75, 3.05) is 6.54 Å². The molecular formula is C14H15N3O3. The van der Waals surface area contributed by atoms with E-state index in [1.807, 2.05) is 6.07 Å². The number of fused-ring (bicyclic) bond motifs is 1. The highest BCUT2D eigenvalue weighted by Crippen LogP contribution is 2.23. The van der Waals surface area contributed by atoms with Gasteiger partial charge in [0.1, 0.15) is 0 Å². The summed E-state index contributed by atoms with van der Waals surface area (Å²) in [6.45, 7) is 0.623. The minimum absolute atomic E-state index is 0.0119. The Balaban J connectivity index is 1.85. The summed E-state index contributed by atoms with van der Waals surface area (Å²) in [5.41, 5.74) is 1.38. The van der Waals surface area contributed by atoms with Crippen molar-refractivity contribution in [2.24, 2.45) is 0 Å². The van der Waals surface area contributed by atoms with Crippen LogP contribution in [0.1, 0.15) is 29.6 Å². The van der Waals surface area contributed by atoms with E-state index in [0.717, 1.165) is 23.7 Å². The Labute approximate surface area is 115 Å². The van der Waals surface area contributed by atoms with Gasteiger partial charge >= 0.3 is 5.97 Å². The van der Waals surface area contributed by atoms with E-state index < -0.39 is 5.97 Å². The first-order valence-corrected chi connectivity index (χ1v) is 6.61. The van der Waals surface area contributed by atoms with Crippen LogP contribution in [-0.4, -0.2) is 44.7 Å². The molecule has 1 unspecified atom stereocenters. The lowest BCUT2D eigenvalue weighted by molar-refractivity contribution is -0.137. The summed E-state index contributed by atoms with van der Waals surface area (Å²) in [6, 6.07) is 5.17. The Bertz CT molecular complexity index is 664. The number of nitrogens with zero attached hydrogens (tertiary/aromatic N) is 2. The third-order valence-electron chi connectivity index (χ3n) is 3.74. The number of rotatable bonds is 3. The molecule has 0 radical (unpaired) electrons. The van der Waals surface area contributed by atoms with Crippen LogP contribution in [0.4, 0.5) is 0 Å². The zero-order valence-electron chi connectivity index (χ0n) is 10.9. The number of amides is 1. The van der Waals surface area contributed by atoms with Crippen LogP contribution in [0.3, 0.4) is 0 Å². The fourth-order valence-corrected chi connectivity index (χ4v) is 2.75. The van der Waals surface area contributed by atoms with Gasteiger partial charge in [0.15, 0.2) is 0 Å². The second kappa shape index (κ2) is 4.96. The molecule has 1 aromatic carbocycles. The molecule has 6 nitrogen and oxygen atoms in total. The van der Waals surface area contributed by atoms with E-state index in [1.165, 1.54) is 0 Å². The number of likely N-dealkylation sites (tertiary alicyclic amines) is 1. The summed E-state index contributed by atoms with van der Waals surface area (Å²) < 4.78 is 0. The minimum atomic E-state index is -0.862. The number of aromatic nitrogens is 2. The molecule has 1 aliphatic heterocycles. The highest BCUT2D eigenvalue weighted by atomic mass is 16.4. The van der Waals surface area contributed by atoms with Gasteiger partial charge in [-0.05, 0) is 25.0 Å². The first-order chi connectivity index (χ1) is 9.65. The average Bonchev–Trinajstić information content (AvgIpc) is 3.04. The molecule has 20 heavy (non-hydrogen) atoms. The van der Waals surface area contributed by atoms with Gasteiger partial charge in [0.05, 0.1) is 18.1 Å². The number of carbonyl (C=O) groups is 2. The van der Waals surface area contributed by atoms with E-state index in [2.05, 4.69) is 10.2 Å². The van der Waals surface area contributed by atoms with Crippen LogP contribution in [0.15, 0.2) is 24.4 Å². The highest BCUT2D eigenvalue weighted by Gasteiger charge is 2.30. The second-order valence-electron chi connectivity index (χ2n) is 5.06. The van der Waals surface area contributed by atoms with Crippen molar-refractivity contribution in [2.45, 2.75) is 25.3 Å². The van der Waals surface area contributed by atoms with Crippen LogP contribution in [0.25, 0.3) is 10.9 Å². The fraction of sp³-hybridized carbons (Fsp3) is 0.357. The Morgan fingerprint density at radius 3 is 3.10 bits per heavy atom. The Morgan fingerprint density at radius 1 is 1.45 bits per heavy atom. The molecule has 0 aliphatic carbocycles. The summed E-state index contributed by atoms with van der Waals surface area (Å²) in [4.78, 5) is 25.0. The van der Waals surface area contributed by atoms with E-state index >= 15 is 0 Å². The Kier molecular flexibility index (Phi) is 3.14. The largest absolute Gasteiger partial charge is 0.481 e. The number of carbonyl (C=O) groups excluding carboxylic acids is 1. The molecule has 0 bridgehead atoms. The maximum atomic E-state index is 12.5. The van der Waals surface area contributed by atoms with Gasteiger partial charge in [-0.25, -0.2) is 0 Å². The molecule has 2 N–H and O–H groups in total. The smallest absolute Gasteiger partial charge is 0.305 e. The molecule has 2 aromatic rings. The lowest BCUT2D eigenvalue weighted by atomic mass is 10.1. The van der Waals surface area contributed by atoms with Crippen molar-refractivity contribution in [3.63, 3.8) is 0 Å². The lowest BCUT2D eigenvalue weighted by Crippen LogP contribution is -2.36. The number of carboxylic acids is 1. The number of hydrogen-bond acceptors (Lipinski definition) is 3. The Hall–Kier alpha value is -2.37. The summed E-state index contributed by atoms with van der Waals surface area (Å²) in [5.74, 6) is -0.969. The van der Waals surface area contributed by atoms with Crippen molar-refractivity contribution in [1.82, 2.24) is 15.1 Å². The molecule has 3 rings (SSSR count). The minimum Gasteiger partial charge on any atom is -0.481 e. The van der Waals surface area contributed by atoms with Gasteiger partial charge in [-0.15, -0.1) is 0 Å². The highest BCUT2D eigenvalue weighted by molar-refractivity contribution is 5.98. The number of nitrogens with one attached hydrogen (secondary N) is 1. The number of aliphatic carboxylic acids is 1. The maximum Gasteiger partial charge on any atom is 0.305 e. The fourth-order valence-electron chi connectivity index (χ4n) is 2.75. The molecule has 1 aromatic heterocycles. The van der Waals surface area contributed by atoms with Crippen molar-refractivity contribution in [1.29, 1.82) is 0 Å². The second-order valence-corrected chi connectivity index (χ2v) is 5.06. The predicted molar refractivity (Wildman–Crippen MR) is 72.4 cm³/mol. The monoisotopic (exact) mass is 273 g/mol. The summed E-state index contributed by atoms with van der Waals surface area (Å²) in [7, 11) is 0. The van der Waals surface area contributed by atoms with Crippen LogP contribution in [0.2, 0.25) is 0 Å². The standard InChI is InChI=1S/C14H15N3O3/c18-13(19)7-11-2-1-5-17(11)14(20)9-3-4-10-8-15-16-12(10)6-9/h3-4,6,8,11H,1-2,5,7H2,(H,15,16)(H,18,19). The van der Waals surface area contributed by atoms with Crippen LogP contribution in [0.5, 0.6) is 0 Å². The van der Waals surface area contributed by atoms with E-state index in [-0.39, 0.29) is 18.4 Å². The number of carboxylic acid groups (broad SMARTS) is 1. The van der Waals surface area contributed by atoms with Crippen LogP contribution in [0, 0.1) is 0 Å². The number of hydrogen-bond donors (Lipinski definition) is 2. The van der Waals surface area contributed by atoms with Gasteiger partial charge < -0.3 is 10.0 Å². The third-order valence-corrected chi connectivity index (χ3v) is 3.74. The number of H-pyrrole nitrogens is 1. The normalized spacial score (nSPS) is 18.6. The molecule has 1 atom stereocenters. The van der Waals surface area contributed by atoms with E-state index in [0.29, 0.717) is 12.1 Å². The third kappa shape index (κ3) is 2.24. The molecule has 1 saturated heterocycles. The molecule has 1 amide bonds. The molecule has 104 valence electrons. The number of benzene rings is 1. The lowest BCUT2D eigenvalue weighted by Gasteiger charge is -2.23. The summed E-state index contributed by atoms with van der Waals surface area (Å²) in [5, 5.41) is 16.6.